The number of anilines is 1. The van der Waals surface area contributed by atoms with Gasteiger partial charge in [-0.15, -0.1) is 0 Å². The summed E-state index contributed by atoms with van der Waals surface area (Å²) < 4.78 is 0. The van der Waals surface area contributed by atoms with Crippen molar-refractivity contribution in [2.45, 2.75) is 20.8 Å². The monoisotopic (exact) mass is 262 g/mol. The Kier molecular flexibility index (Phi) is 3.53. The molecule has 0 bridgehead atoms. The number of hydrogen-bond acceptors (Lipinski definition) is 2. The molecule has 1 amide bonds. The molecular weight excluding hydrogens is 248 g/mol. The number of carbonyl (C=O) groups is 1. The number of benzene rings is 1. The fraction of sp³-hybridized carbons (Fsp3) is 0.286. The molecule has 0 unspecified atom stereocenters. The maximum atomic E-state index is 11.8. The van der Waals surface area contributed by atoms with Gasteiger partial charge in [-0.1, -0.05) is 25.4 Å². The van der Waals surface area contributed by atoms with Gasteiger partial charge in [-0.25, -0.2) is 0 Å². The zero-order valence-corrected chi connectivity index (χ0v) is 11.4. The lowest BCUT2D eigenvalue weighted by Gasteiger charge is -2.13. The molecule has 0 spiro atoms. The van der Waals surface area contributed by atoms with Crippen LogP contribution in [-0.4, -0.2) is 10.9 Å². The molecule has 0 aliphatic heterocycles. The van der Waals surface area contributed by atoms with Gasteiger partial charge < -0.3 is 5.32 Å². The summed E-state index contributed by atoms with van der Waals surface area (Å²) in [6.45, 7) is 5.64. The van der Waals surface area contributed by atoms with Crippen LogP contribution in [0, 0.1) is 12.8 Å². The highest BCUT2D eigenvalue weighted by Crippen LogP contribution is 2.32. The average molecular weight is 263 g/mol. The fourth-order valence-corrected chi connectivity index (χ4v) is 2.09. The van der Waals surface area contributed by atoms with Crippen molar-refractivity contribution in [3.63, 3.8) is 0 Å². The third-order valence-electron chi connectivity index (χ3n) is 2.81. The zero-order chi connectivity index (χ0) is 13.3. The van der Waals surface area contributed by atoms with E-state index in [-0.39, 0.29) is 11.8 Å². The highest BCUT2D eigenvalue weighted by Gasteiger charge is 2.14. The highest BCUT2D eigenvalue weighted by molar-refractivity contribution is 6.35. The summed E-state index contributed by atoms with van der Waals surface area (Å²) in [5.74, 6) is -0.139. The van der Waals surface area contributed by atoms with Crippen molar-refractivity contribution in [1.29, 1.82) is 0 Å². The quantitative estimate of drug-likeness (QED) is 0.895. The molecule has 0 atom stereocenters. The maximum absolute atomic E-state index is 11.8. The van der Waals surface area contributed by atoms with Crippen molar-refractivity contribution in [3.8, 4) is 0 Å². The summed E-state index contributed by atoms with van der Waals surface area (Å²) in [5.41, 5.74) is 2.50. The van der Waals surface area contributed by atoms with E-state index < -0.39 is 0 Å². The maximum Gasteiger partial charge on any atom is 0.226 e. The second kappa shape index (κ2) is 4.94. The Morgan fingerprint density at radius 1 is 1.44 bits per heavy atom. The minimum absolute atomic E-state index is 0.0501. The van der Waals surface area contributed by atoms with Gasteiger partial charge in [-0.2, -0.15) is 0 Å². The summed E-state index contributed by atoms with van der Waals surface area (Å²) in [6, 6.07) is 5.58. The summed E-state index contributed by atoms with van der Waals surface area (Å²) in [7, 11) is 0. The largest absolute Gasteiger partial charge is 0.324 e. The lowest BCUT2D eigenvalue weighted by molar-refractivity contribution is -0.118. The smallest absolute Gasteiger partial charge is 0.226 e. The molecule has 4 heteroatoms. The molecule has 0 radical (unpaired) electrons. The molecule has 0 aliphatic carbocycles. The van der Waals surface area contributed by atoms with Crippen LogP contribution in [0.1, 0.15) is 19.4 Å². The highest BCUT2D eigenvalue weighted by atomic mass is 35.5. The van der Waals surface area contributed by atoms with Crippen LogP contribution in [0.3, 0.4) is 0 Å². The Labute approximate surface area is 111 Å². The Morgan fingerprint density at radius 2 is 2.17 bits per heavy atom. The van der Waals surface area contributed by atoms with E-state index in [9.17, 15) is 4.79 Å². The molecule has 1 aromatic carbocycles. The molecule has 0 aliphatic rings. The third kappa shape index (κ3) is 2.31. The van der Waals surface area contributed by atoms with E-state index in [1.807, 2.05) is 39.0 Å². The second-order valence-electron chi connectivity index (χ2n) is 4.59. The number of halogens is 1. The van der Waals surface area contributed by atoms with Crippen molar-refractivity contribution < 1.29 is 4.79 Å². The van der Waals surface area contributed by atoms with Gasteiger partial charge in [-0.3, -0.25) is 9.78 Å². The van der Waals surface area contributed by atoms with Crippen molar-refractivity contribution in [3.05, 3.63) is 35.0 Å². The number of carbonyl (C=O) groups excluding carboxylic acids is 1. The number of pyridine rings is 1. The van der Waals surface area contributed by atoms with Gasteiger partial charge in [0.1, 0.15) is 0 Å². The second-order valence-corrected chi connectivity index (χ2v) is 5.00. The molecule has 0 fully saturated rings. The van der Waals surface area contributed by atoms with E-state index >= 15 is 0 Å². The minimum Gasteiger partial charge on any atom is -0.324 e. The first-order valence-electron chi connectivity index (χ1n) is 5.85. The predicted octanol–water partition coefficient (Wildman–Crippen LogP) is 3.79. The van der Waals surface area contributed by atoms with E-state index in [2.05, 4.69) is 10.3 Å². The molecule has 1 aromatic heterocycles. The Balaban J connectivity index is 2.59. The number of amides is 1. The topological polar surface area (TPSA) is 42.0 Å². The molecule has 2 rings (SSSR count). The van der Waals surface area contributed by atoms with Gasteiger partial charge in [0.25, 0.3) is 0 Å². The molecule has 0 saturated heterocycles. The van der Waals surface area contributed by atoms with Crippen LogP contribution in [-0.2, 0) is 4.79 Å². The molecule has 2 aromatic rings. The van der Waals surface area contributed by atoms with Crippen LogP contribution in [0.15, 0.2) is 24.4 Å². The molecule has 94 valence electrons. The summed E-state index contributed by atoms with van der Waals surface area (Å²) in [6.07, 6.45) is 1.73. The number of hydrogen-bond donors (Lipinski definition) is 1. The minimum atomic E-state index is -0.0888. The normalized spacial score (nSPS) is 10.9. The standard InChI is InChI=1S/C14H15ClN2O/c1-8(2)14(18)17-13-10-5-4-6-16-12(10)9(3)7-11(13)15/h4-8H,1-3H3,(H,17,18). The first-order valence-corrected chi connectivity index (χ1v) is 6.23. The Hall–Kier alpha value is -1.61. The van der Waals surface area contributed by atoms with E-state index in [4.69, 9.17) is 11.6 Å². The number of aryl methyl sites for hydroxylation is 1. The molecule has 0 saturated carbocycles. The summed E-state index contributed by atoms with van der Waals surface area (Å²) >= 11 is 6.21. The molecule has 18 heavy (non-hydrogen) atoms. The Morgan fingerprint density at radius 3 is 2.83 bits per heavy atom. The van der Waals surface area contributed by atoms with Crippen molar-refractivity contribution >= 4 is 34.1 Å². The van der Waals surface area contributed by atoms with Crippen LogP contribution in [0.4, 0.5) is 5.69 Å². The molecular formula is C14H15ClN2O. The van der Waals surface area contributed by atoms with Gasteiger partial charge in [0.2, 0.25) is 5.91 Å². The van der Waals surface area contributed by atoms with Crippen LogP contribution in [0.25, 0.3) is 10.9 Å². The van der Waals surface area contributed by atoms with E-state index in [0.717, 1.165) is 16.5 Å². The van der Waals surface area contributed by atoms with Gasteiger partial charge in [-0.05, 0) is 30.7 Å². The van der Waals surface area contributed by atoms with Gasteiger partial charge in [0.15, 0.2) is 0 Å². The summed E-state index contributed by atoms with van der Waals surface area (Å²) in [4.78, 5) is 16.1. The van der Waals surface area contributed by atoms with Crippen LogP contribution >= 0.6 is 11.6 Å². The number of fused-ring (bicyclic) bond motifs is 1. The first-order chi connectivity index (χ1) is 8.50. The molecule has 1 heterocycles. The Bertz CT molecular complexity index is 608. The summed E-state index contributed by atoms with van der Waals surface area (Å²) in [5, 5.41) is 4.28. The molecule has 1 N–H and O–H groups in total. The third-order valence-corrected chi connectivity index (χ3v) is 3.10. The lowest BCUT2D eigenvalue weighted by Crippen LogP contribution is -2.18. The van der Waals surface area contributed by atoms with Crippen LogP contribution in [0.5, 0.6) is 0 Å². The first kappa shape index (κ1) is 12.8. The van der Waals surface area contributed by atoms with Crippen molar-refractivity contribution in [1.82, 2.24) is 4.98 Å². The number of nitrogens with zero attached hydrogens (tertiary/aromatic N) is 1. The van der Waals surface area contributed by atoms with E-state index in [1.165, 1.54) is 0 Å². The number of nitrogens with one attached hydrogen (secondary N) is 1. The molecule has 3 nitrogen and oxygen atoms in total. The predicted molar refractivity (Wildman–Crippen MR) is 75.0 cm³/mol. The fourth-order valence-electron chi connectivity index (χ4n) is 1.78. The van der Waals surface area contributed by atoms with E-state index in [1.54, 1.807) is 6.20 Å². The van der Waals surface area contributed by atoms with Crippen LogP contribution < -0.4 is 5.32 Å². The van der Waals surface area contributed by atoms with Crippen molar-refractivity contribution in [2.75, 3.05) is 5.32 Å². The number of rotatable bonds is 2. The van der Waals surface area contributed by atoms with E-state index in [0.29, 0.717) is 10.7 Å². The van der Waals surface area contributed by atoms with Crippen molar-refractivity contribution in [2.24, 2.45) is 5.92 Å². The zero-order valence-electron chi connectivity index (χ0n) is 10.6. The average Bonchev–Trinajstić information content (AvgIpc) is 2.34. The van der Waals surface area contributed by atoms with Gasteiger partial charge >= 0.3 is 0 Å². The van der Waals surface area contributed by atoms with Gasteiger partial charge in [0.05, 0.1) is 16.2 Å². The SMILES string of the molecule is Cc1cc(Cl)c(NC(=O)C(C)C)c2cccnc12. The van der Waals surface area contributed by atoms with Crippen LogP contribution in [0.2, 0.25) is 5.02 Å². The number of aromatic nitrogens is 1. The van der Waals surface area contributed by atoms with Gasteiger partial charge in [0, 0.05) is 17.5 Å². The lowest BCUT2D eigenvalue weighted by atomic mass is 10.1.